The molecule has 28 heavy (non-hydrogen) atoms. The van der Waals surface area contributed by atoms with E-state index in [4.69, 9.17) is 9.47 Å². The van der Waals surface area contributed by atoms with Crippen LogP contribution in [0.1, 0.15) is 38.5 Å². The molecular formula is C20H31N5O3. The van der Waals surface area contributed by atoms with E-state index in [0.29, 0.717) is 13.2 Å². The Labute approximate surface area is 166 Å². The SMILES string of the molecule is O=C(N[C@H]1CCCN[C@H]1COC1CCN(c2ncccn2)CC1)[C@@H]1CCCO1. The maximum Gasteiger partial charge on any atom is 0.249 e. The molecule has 154 valence electrons. The minimum absolute atomic E-state index is 0.0346. The minimum atomic E-state index is -0.270. The number of aromatic nitrogens is 2. The Morgan fingerprint density at radius 1 is 1.21 bits per heavy atom. The van der Waals surface area contributed by atoms with Gasteiger partial charge in [0.05, 0.1) is 18.8 Å². The molecule has 0 saturated carbocycles. The van der Waals surface area contributed by atoms with Crippen molar-refractivity contribution in [2.24, 2.45) is 0 Å². The first-order chi connectivity index (χ1) is 13.8. The molecule has 4 heterocycles. The molecule has 0 unspecified atom stereocenters. The fraction of sp³-hybridized carbons (Fsp3) is 0.750. The number of hydrogen-bond acceptors (Lipinski definition) is 7. The second kappa shape index (κ2) is 9.62. The summed E-state index contributed by atoms with van der Waals surface area (Å²) in [6.07, 6.45) is 9.35. The Balaban J connectivity index is 1.22. The van der Waals surface area contributed by atoms with Crippen LogP contribution in [0.5, 0.6) is 0 Å². The number of nitrogens with one attached hydrogen (secondary N) is 2. The summed E-state index contributed by atoms with van der Waals surface area (Å²) in [7, 11) is 0. The van der Waals surface area contributed by atoms with Crippen molar-refractivity contribution in [1.29, 1.82) is 0 Å². The number of nitrogens with zero attached hydrogens (tertiary/aromatic N) is 3. The van der Waals surface area contributed by atoms with Crippen molar-refractivity contribution in [3.8, 4) is 0 Å². The standard InChI is InChI=1S/C20H31N5O3/c26-19(18-5-2-13-27-18)24-16-4-1-8-21-17(16)14-28-15-6-11-25(12-7-15)20-22-9-3-10-23-20/h3,9-10,15-18,21H,1-2,4-8,11-14H2,(H,24,26)/t16-,17-,18-/m0/s1. The summed E-state index contributed by atoms with van der Waals surface area (Å²) in [5.74, 6) is 0.833. The van der Waals surface area contributed by atoms with Crippen LogP contribution in [0.15, 0.2) is 18.5 Å². The third kappa shape index (κ3) is 4.98. The van der Waals surface area contributed by atoms with Crippen molar-refractivity contribution < 1.29 is 14.3 Å². The topological polar surface area (TPSA) is 88.6 Å². The molecule has 8 nitrogen and oxygen atoms in total. The highest BCUT2D eigenvalue weighted by atomic mass is 16.5. The Morgan fingerprint density at radius 2 is 2.04 bits per heavy atom. The highest BCUT2D eigenvalue weighted by Gasteiger charge is 2.31. The second-order valence-corrected chi connectivity index (χ2v) is 7.89. The molecule has 8 heteroatoms. The molecule has 1 aromatic rings. The van der Waals surface area contributed by atoms with E-state index in [1.807, 2.05) is 6.07 Å². The van der Waals surface area contributed by atoms with Gasteiger partial charge in [-0.15, -0.1) is 0 Å². The largest absolute Gasteiger partial charge is 0.376 e. The van der Waals surface area contributed by atoms with Gasteiger partial charge in [-0.05, 0) is 51.1 Å². The van der Waals surface area contributed by atoms with Gasteiger partial charge in [0.25, 0.3) is 0 Å². The van der Waals surface area contributed by atoms with Gasteiger partial charge in [-0.3, -0.25) is 4.79 Å². The van der Waals surface area contributed by atoms with Crippen molar-refractivity contribution in [3.05, 3.63) is 18.5 Å². The van der Waals surface area contributed by atoms with Gasteiger partial charge in [-0.1, -0.05) is 0 Å². The Hall–Kier alpha value is -1.77. The van der Waals surface area contributed by atoms with Crippen LogP contribution in [0, 0.1) is 0 Å². The first-order valence-corrected chi connectivity index (χ1v) is 10.6. The Morgan fingerprint density at radius 3 is 2.79 bits per heavy atom. The number of rotatable bonds is 6. The molecule has 3 aliphatic heterocycles. The number of amides is 1. The smallest absolute Gasteiger partial charge is 0.249 e. The summed E-state index contributed by atoms with van der Waals surface area (Å²) >= 11 is 0. The van der Waals surface area contributed by atoms with Crippen molar-refractivity contribution in [1.82, 2.24) is 20.6 Å². The summed E-state index contributed by atoms with van der Waals surface area (Å²) in [6.45, 7) is 4.12. The monoisotopic (exact) mass is 389 g/mol. The number of piperidine rings is 2. The van der Waals surface area contributed by atoms with Gasteiger partial charge in [0.1, 0.15) is 6.10 Å². The van der Waals surface area contributed by atoms with E-state index in [0.717, 1.165) is 64.1 Å². The zero-order valence-corrected chi connectivity index (χ0v) is 16.4. The van der Waals surface area contributed by atoms with Crippen LogP contribution >= 0.6 is 0 Å². The van der Waals surface area contributed by atoms with Crippen molar-refractivity contribution in [2.45, 2.75) is 62.8 Å². The summed E-state index contributed by atoms with van der Waals surface area (Å²) < 4.78 is 11.7. The molecule has 3 aliphatic rings. The lowest BCUT2D eigenvalue weighted by Gasteiger charge is -2.36. The molecule has 0 aromatic carbocycles. The number of ether oxygens (including phenoxy) is 2. The average molecular weight is 390 g/mol. The molecule has 0 aliphatic carbocycles. The lowest BCUT2D eigenvalue weighted by atomic mass is 9.98. The second-order valence-electron chi connectivity index (χ2n) is 7.89. The zero-order chi connectivity index (χ0) is 19.2. The third-order valence-electron chi connectivity index (χ3n) is 5.92. The molecule has 0 bridgehead atoms. The van der Waals surface area contributed by atoms with Crippen LogP contribution in [-0.4, -0.2) is 73.0 Å². The van der Waals surface area contributed by atoms with Crippen molar-refractivity contribution >= 4 is 11.9 Å². The number of anilines is 1. The number of hydrogen-bond donors (Lipinski definition) is 2. The van der Waals surface area contributed by atoms with Crippen LogP contribution < -0.4 is 15.5 Å². The normalized spacial score (nSPS) is 29.0. The van der Waals surface area contributed by atoms with E-state index in [1.165, 1.54) is 0 Å². The van der Waals surface area contributed by atoms with E-state index < -0.39 is 0 Å². The Kier molecular flexibility index (Phi) is 6.72. The van der Waals surface area contributed by atoms with Crippen molar-refractivity contribution in [3.63, 3.8) is 0 Å². The Bertz CT molecular complexity index is 618. The van der Waals surface area contributed by atoms with E-state index >= 15 is 0 Å². The predicted octanol–water partition coefficient (Wildman–Crippen LogP) is 0.878. The van der Waals surface area contributed by atoms with Gasteiger partial charge in [-0.25, -0.2) is 9.97 Å². The fourth-order valence-electron chi connectivity index (χ4n) is 4.28. The zero-order valence-electron chi connectivity index (χ0n) is 16.4. The summed E-state index contributed by atoms with van der Waals surface area (Å²) in [5.41, 5.74) is 0. The van der Waals surface area contributed by atoms with Gasteiger partial charge >= 0.3 is 0 Å². The van der Waals surface area contributed by atoms with Crippen LogP contribution in [0.3, 0.4) is 0 Å². The lowest BCUT2D eigenvalue weighted by molar-refractivity contribution is -0.131. The minimum Gasteiger partial charge on any atom is -0.376 e. The van der Waals surface area contributed by atoms with Gasteiger partial charge in [0.2, 0.25) is 11.9 Å². The fourth-order valence-corrected chi connectivity index (χ4v) is 4.28. The predicted molar refractivity (Wildman–Crippen MR) is 105 cm³/mol. The molecule has 1 aromatic heterocycles. The number of carbonyl (C=O) groups excluding carboxylic acids is 1. The number of carbonyl (C=O) groups is 1. The molecule has 0 spiro atoms. The average Bonchev–Trinajstić information content (AvgIpc) is 3.29. The van der Waals surface area contributed by atoms with E-state index in [1.54, 1.807) is 12.4 Å². The van der Waals surface area contributed by atoms with Crippen LogP contribution in [-0.2, 0) is 14.3 Å². The molecular weight excluding hydrogens is 358 g/mol. The summed E-state index contributed by atoms with van der Waals surface area (Å²) in [5, 5.41) is 6.72. The molecule has 3 saturated heterocycles. The van der Waals surface area contributed by atoms with Crippen LogP contribution in [0.25, 0.3) is 0 Å². The highest BCUT2D eigenvalue weighted by Crippen LogP contribution is 2.19. The third-order valence-corrected chi connectivity index (χ3v) is 5.92. The van der Waals surface area contributed by atoms with Crippen molar-refractivity contribution in [2.75, 3.05) is 37.7 Å². The van der Waals surface area contributed by atoms with Gasteiger partial charge < -0.3 is 25.0 Å². The highest BCUT2D eigenvalue weighted by molar-refractivity contribution is 5.81. The van der Waals surface area contributed by atoms with Crippen LogP contribution in [0.2, 0.25) is 0 Å². The molecule has 3 atom stereocenters. The van der Waals surface area contributed by atoms with Gasteiger partial charge in [0.15, 0.2) is 0 Å². The van der Waals surface area contributed by atoms with E-state index in [9.17, 15) is 4.79 Å². The lowest BCUT2D eigenvalue weighted by Crippen LogP contribution is -2.57. The molecule has 0 radical (unpaired) electrons. The molecule has 2 N–H and O–H groups in total. The van der Waals surface area contributed by atoms with Gasteiger partial charge in [0, 0.05) is 38.1 Å². The molecule has 3 fully saturated rings. The van der Waals surface area contributed by atoms with E-state index in [-0.39, 0.29) is 30.2 Å². The summed E-state index contributed by atoms with van der Waals surface area (Å²) in [6, 6.07) is 2.11. The molecule has 1 amide bonds. The maximum atomic E-state index is 12.4. The first-order valence-electron chi connectivity index (χ1n) is 10.6. The van der Waals surface area contributed by atoms with Gasteiger partial charge in [-0.2, -0.15) is 0 Å². The van der Waals surface area contributed by atoms with Crippen LogP contribution in [0.4, 0.5) is 5.95 Å². The van der Waals surface area contributed by atoms with E-state index in [2.05, 4.69) is 25.5 Å². The quantitative estimate of drug-likeness (QED) is 0.747. The molecule has 4 rings (SSSR count). The summed E-state index contributed by atoms with van der Waals surface area (Å²) in [4.78, 5) is 23.3. The first kappa shape index (κ1) is 19.5. The maximum absolute atomic E-state index is 12.4.